The third-order valence-electron chi connectivity index (χ3n) is 4.48. The summed E-state index contributed by atoms with van der Waals surface area (Å²) in [5, 5.41) is 6.23. The zero-order valence-corrected chi connectivity index (χ0v) is 16.6. The highest BCUT2D eigenvalue weighted by Gasteiger charge is 2.13. The van der Waals surface area contributed by atoms with E-state index >= 15 is 0 Å². The van der Waals surface area contributed by atoms with Crippen LogP contribution in [0.15, 0.2) is 94.7 Å². The molecule has 2 aromatic heterocycles. The maximum atomic E-state index is 12.7. The van der Waals surface area contributed by atoms with Gasteiger partial charge in [0.15, 0.2) is 10.9 Å². The lowest BCUT2D eigenvalue weighted by molar-refractivity contribution is 0.102. The molecule has 2 heterocycles. The van der Waals surface area contributed by atoms with Gasteiger partial charge in [0, 0.05) is 16.3 Å². The average Bonchev–Trinajstić information content (AvgIpc) is 3.41. The van der Waals surface area contributed by atoms with Gasteiger partial charge in [-0.3, -0.25) is 10.1 Å². The number of furan rings is 1. The van der Waals surface area contributed by atoms with Crippen LogP contribution in [0.5, 0.6) is 11.5 Å². The molecule has 5 nitrogen and oxygen atoms in total. The molecule has 0 bridgehead atoms. The van der Waals surface area contributed by atoms with E-state index in [4.69, 9.17) is 9.15 Å². The first-order valence-electron chi connectivity index (χ1n) is 9.33. The molecule has 3 aromatic carbocycles. The van der Waals surface area contributed by atoms with Gasteiger partial charge < -0.3 is 9.15 Å². The van der Waals surface area contributed by atoms with E-state index in [1.54, 1.807) is 18.2 Å². The van der Waals surface area contributed by atoms with E-state index in [1.807, 2.05) is 72.1 Å². The Morgan fingerprint density at radius 3 is 2.57 bits per heavy atom. The second kappa shape index (κ2) is 7.85. The van der Waals surface area contributed by atoms with Crippen molar-refractivity contribution in [2.45, 2.75) is 0 Å². The number of hydrogen-bond acceptors (Lipinski definition) is 5. The molecule has 0 spiro atoms. The van der Waals surface area contributed by atoms with Gasteiger partial charge in [0.25, 0.3) is 5.91 Å². The summed E-state index contributed by atoms with van der Waals surface area (Å²) in [7, 11) is 0. The largest absolute Gasteiger partial charge is 0.457 e. The molecule has 0 aliphatic rings. The summed E-state index contributed by atoms with van der Waals surface area (Å²) in [5.41, 5.74) is 1.98. The number of rotatable bonds is 5. The lowest BCUT2D eigenvalue weighted by Crippen LogP contribution is -2.11. The van der Waals surface area contributed by atoms with Crippen LogP contribution >= 0.6 is 11.3 Å². The molecular formula is C24H16N2O3S. The number of hydrogen-bond donors (Lipinski definition) is 1. The SMILES string of the molecule is O=C(Nc1nc(-c2cc3ccccc3o2)cs1)c1cccc(Oc2ccccc2)c1. The van der Waals surface area contributed by atoms with Crippen LogP contribution in [-0.4, -0.2) is 10.9 Å². The molecule has 1 amide bonds. The van der Waals surface area contributed by atoms with E-state index in [2.05, 4.69) is 10.3 Å². The van der Waals surface area contributed by atoms with Gasteiger partial charge in [0.05, 0.1) is 0 Å². The normalized spacial score (nSPS) is 10.8. The summed E-state index contributed by atoms with van der Waals surface area (Å²) in [6.45, 7) is 0. The van der Waals surface area contributed by atoms with Gasteiger partial charge in [0.1, 0.15) is 22.8 Å². The van der Waals surface area contributed by atoms with Gasteiger partial charge in [-0.25, -0.2) is 4.98 Å². The fourth-order valence-corrected chi connectivity index (χ4v) is 3.74. The van der Waals surface area contributed by atoms with Gasteiger partial charge in [-0.05, 0) is 42.5 Å². The smallest absolute Gasteiger partial charge is 0.257 e. The Morgan fingerprint density at radius 2 is 1.70 bits per heavy atom. The van der Waals surface area contributed by atoms with Gasteiger partial charge >= 0.3 is 0 Å². The topological polar surface area (TPSA) is 64.4 Å². The number of fused-ring (bicyclic) bond motifs is 1. The third-order valence-corrected chi connectivity index (χ3v) is 5.24. The van der Waals surface area contributed by atoms with Crippen molar-refractivity contribution in [3.8, 4) is 23.0 Å². The van der Waals surface area contributed by atoms with Crippen molar-refractivity contribution >= 4 is 33.3 Å². The molecule has 0 fully saturated rings. The van der Waals surface area contributed by atoms with Gasteiger partial charge in [-0.15, -0.1) is 11.3 Å². The third kappa shape index (κ3) is 3.81. The quantitative estimate of drug-likeness (QED) is 0.353. The van der Waals surface area contributed by atoms with Crippen LogP contribution < -0.4 is 10.1 Å². The van der Waals surface area contributed by atoms with Crippen LogP contribution in [0.1, 0.15) is 10.4 Å². The first-order chi connectivity index (χ1) is 14.7. The fourth-order valence-electron chi connectivity index (χ4n) is 3.05. The zero-order chi connectivity index (χ0) is 20.3. The van der Waals surface area contributed by atoms with E-state index < -0.39 is 0 Å². The molecule has 5 rings (SSSR count). The highest BCUT2D eigenvalue weighted by molar-refractivity contribution is 7.14. The molecular weight excluding hydrogens is 396 g/mol. The fraction of sp³-hybridized carbons (Fsp3) is 0. The van der Waals surface area contributed by atoms with Crippen molar-refractivity contribution in [2.75, 3.05) is 5.32 Å². The first-order valence-corrected chi connectivity index (χ1v) is 10.2. The molecule has 146 valence electrons. The van der Waals surface area contributed by atoms with Crippen LogP contribution in [0, 0.1) is 0 Å². The predicted molar refractivity (Wildman–Crippen MR) is 118 cm³/mol. The van der Waals surface area contributed by atoms with Crippen LogP contribution in [0.25, 0.3) is 22.4 Å². The Balaban J connectivity index is 1.32. The lowest BCUT2D eigenvalue weighted by atomic mass is 10.2. The minimum absolute atomic E-state index is 0.251. The number of aromatic nitrogens is 1. The maximum Gasteiger partial charge on any atom is 0.257 e. The Hall–Kier alpha value is -3.90. The van der Waals surface area contributed by atoms with E-state index in [9.17, 15) is 4.79 Å². The Labute approximate surface area is 176 Å². The monoisotopic (exact) mass is 412 g/mol. The molecule has 6 heteroatoms. The number of thiazole rings is 1. The highest BCUT2D eigenvalue weighted by Crippen LogP contribution is 2.30. The number of nitrogens with zero attached hydrogens (tertiary/aromatic N) is 1. The molecule has 0 radical (unpaired) electrons. The van der Waals surface area contributed by atoms with Gasteiger partial charge in [-0.2, -0.15) is 0 Å². The molecule has 0 aliphatic heterocycles. The zero-order valence-electron chi connectivity index (χ0n) is 15.7. The van der Waals surface area contributed by atoms with Crippen molar-refractivity contribution in [1.29, 1.82) is 0 Å². The number of amides is 1. The first kappa shape index (κ1) is 18.1. The summed E-state index contributed by atoms with van der Waals surface area (Å²) in [5.74, 6) is 1.73. The summed E-state index contributed by atoms with van der Waals surface area (Å²) in [6, 6.07) is 26.2. The minimum Gasteiger partial charge on any atom is -0.457 e. The van der Waals surface area contributed by atoms with Gasteiger partial charge in [-0.1, -0.05) is 42.5 Å². The standard InChI is InChI=1S/C24H16N2O3S/c27-23(17-8-6-11-19(13-17)28-18-9-2-1-3-10-18)26-24-25-20(15-30-24)22-14-16-7-4-5-12-21(16)29-22/h1-15H,(H,25,26,27). The van der Waals surface area contributed by atoms with Crippen molar-refractivity contribution in [2.24, 2.45) is 0 Å². The molecule has 0 saturated heterocycles. The van der Waals surface area contributed by atoms with E-state index in [-0.39, 0.29) is 5.91 Å². The summed E-state index contributed by atoms with van der Waals surface area (Å²) in [4.78, 5) is 17.2. The van der Waals surface area contributed by atoms with Gasteiger partial charge in [0.2, 0.25) is 0 Å². The molecule has 0 aliphatic carbocycles. The molecule has 1 N–H and O–H groups in total. The molecule has 0 unspecified atom stereocenters. The van der Waals surface area contributed by atoms with Crippen LogP contribution in [-0.2, 0) is 0 Å². The highest BCUT2D eigenvalue weighted by atomic mass is 32.1. The number of benzene rings is 3. The second-order valence-corrected chi connectivity index (χ2v) is 7.44. The number of nitrogens with one attached hydrogen (secondary N) is 1. The number of ether oxygens (including phenoxy) is 1. The maximum absolute atomic E-state index is 12.7. The molecule has 5 aromatic rings. The summed E-state index contributed by atoms with van der Waals surface area (Å²) in [6.07, 6.45) is 0. The Kier molecular flexibility index (Phi) is 4.75. The average molecular weight is 412 g/mol. The number of para-hydroxylation sites is 2. The van der Waals surface area contributed by atoms with E-state index in [0.717, 1.165) is 11.0 Å². The predicted octanol–water partition coefficient (Wildman–Crippen LogP) is 6.60. The van der Waals surface area contributed by atoms with Crippen LogP contribution in [0.3, 0.4) is 0 Å². The Bertz CT molecular complexity index is 1290. The number of carbonyl (C=O) groups excluding carboxylic acids is 1. The van der Waals surface area contributed by atoms with E-state index in [1.165, 1.54) is 11.3 Å². The molecule has 30 heavy (non-hydrogen) atoms. The van der Waals surface area contributed by atoms with Crippen molar-refractivity contribution in [3.63, 3.8) is 0 Å². The number of carbonyl (C=O) groups is 1. The Morgan fingerprint density at radius 1 is 0.900 bits per heavy atom. The summed E-state index contributed by atoms with van der Waals surface area (Å²) >= 11 is 1.35. The molecule has 0 saturated carbocycles. The lowest BCUT2D eigenvalue weighted by Gasteiger charge is -2.07. The number of anilines is 1. The molecule has 0 atom stereocenters. The van der Waals surface area contributed by atoms with E-state index in [0.29, 0.717) is 33.6 Å². The van der Waals surface area contributed by atoms with Crippen molar-refractivity contribution < 1.29 is 13.9 Å². The van der Waals surface area contributed by atoms with Crippen LogP contribution in [0.2, 0.25) is 0 Å². The minimum atomic E-state index is -0.251. The summed E-state index contributed by atoms with van der Waals surface area (Å²) < 4.78 is 11.6. The van der Waals surface area contributed by atoms with Crippen molar-refractivity contribution in [1.82, 2.24) is 4.98 Å². The second-order valence-electron chi connectivity index (χ2n) is 6.58. The van der Waals surface area contributed by atoms with Crippen molar-refractivity contribution in [3.05, 3.63) is 95.9 Å². The van der Waals surface area contributed by atoms with Crippen LogP contribution in [0.4, 0.5) is 5.13 Å².